The molecule has 0 amide bonds. The van der Waals surface area contributed by atoms with Gasteiger partial charge in [-0.25, -0.2) is 9.18 Å². The molecule has 3 aliphatic carbocycles. The lowest BCUT2D eigenvalue weighted by atomic mass is 9.59. The largest absolute Gasteiger partial charge is 0.348 e. The van der Waals surface area contributed by atoms with Gasteiger partial charge in [0.25, 0.3) is 0 Å². The highest BCUT2D eigenvalue weighted by Crippen LogP contribution is 2.54. The van der Waals surface area contributed by atoms with Crippen molar-refractivity contribution in [2.75, 3.05) is 0 Å². The van der Waals surface area contributed by atoms with Gasteiger partial charge in [-0.3, -0.25) is 0 Å². The molecule has 0 unspecified atom stereocenters. The van der Waals surface area contributed by atoms with Crippen molar-refractivity contribution in [3.05, 3.63) is 0 Å². The molecule has 0 atom stereocenters. The van der Waals surface area contributed by atoms with E-state index in [4.69, 9.17) is 5.26 Å². The van der Waals surface area contributed by atoms with Crippen molar-refractivity contribution < 1.29 is 19.3 Å². The summed E-state index contributed by atoms with van der Waals surface area (Å²) < 4.78 is 13.7. The first-order valence-corrected chi connectivity index (χ1v) is 4.65. The third-order valence-electron chi connectivity index (χ3n) is 3.67. The summed E-state index contributed by atoms with van der Waals surface area (Å²) in [6, 6.07) is 0. The Bertz CT molecular complexity index is 214. The highest BCUT2D eigenvalue weighted by atomic mass is 19.1. The number of fused-ring (bicyclic) bond motifs is 3. The molecule has 3 saturated carbocycles. The number of carbonyl (C=O) groups excluding carboxylic acids is 1. The number of hydrogen-bond acceptors (Lipinski definition) is 3. The average molecular weight is 188 g/mol. The molecule has 3 aliphatic rings. The second kappa shape index (κ2) is 2.67. The molecule has 1 N–H and O–H groups in total. The van der Waals surface area contributed by atoms with Crippen LogP contribution in [0.25, 0.3) is 0 Å². The van der Waals surface area contributed by atoms with Gasteiger partial charge in [0.15, 0.2) is 0 Å². The van der Waals surface area contributed by atoms with Gasteiger partial charge in [-0.05, 0) is 38.5 Å². The van der Waals surface area contributed by atoms with E-state index < -0.39 is 17.1 Å². The Hall–Kier alpha value is -0.640. The highest BCUT2D eigenvalue weighted by Gasteiger charge is 2.53. The van der Waals surface area contributed by atoms with Crippen molar-refractivity contribution in [1.29, 1.82) is 0 Å². The molecule has 0 aromatic rings. The van der Waals surface area contributed by atoms with Crippen molar-refractivity contribution in [2.45, 2.75) is 44.2 Å². The van der Waals surface area contributed by atoms with Crippen molar-refractivity contribution >= 4 is 5.97 Å². The van der Waals surface area contributed by atoms with Crippen LogP contribution in [0, 0.1) is 5.41 Å². The number of halogens is 1. The normalized spacial score (nSPS) is 43.2. The van der Waals surface area contributed by atoms with E-state index in [0.29, 0.717) is 38.5 Å². The minimum Gasteiger partial charge on any atom is -0.300 e. The molecule has 0 spiro atoms. The average Bonchev–Trinajstić information content (AvgIpc) is 2.18. The molecule has 0 aliphatic heterocycles. The van der Waals surface area contributed by atoms with Crippen molar-refractivity contribution in [2.24, 2.45) is 5.41 Å². The van der Waals surface area contributed by atoms with E-state index in [1.165, 1.54) is 0 Å². The fourth-order valence-corrected chi connectivity index (χ4v) is 2.54. The molecule has 4 heteroatoms. The molecule has 0 aromatic heterocycles. The van der Waals surface area contributed by atoms with Crippen LogP contribution in [0.3, 0.4) is 0 Å². The predicted molar refractivity (Wildman–Crippen MR) is 42.7 cm³/mol. The Labute approximate surface area is 75.8 Å². The Morgan fingerprint density at radius 3 is 2.00 bits per heavy atom. The molecule has 2 bridgehead atoms. The molecule has 13 heavy (non-hydrogen) atoms. The van der Waals surface area contributed by atoms with Gasteiger partial charge >= 0.3 is 5.97 Å². The Balaban J connectivity index is 2.15. The van der Waals surface area contributed by atoms with Gasteiger partial charge in [0, 0.05) is 0 Å². The van der Waals surface area contributed by atoms with Gasteiger partial charge in [-0.15, -0.1) is 0 Å². The SMILES string of the molecule is O=C(OO)C12CCC(F)(CC1)CC2. The lowest BCUT2D eigenvalue weighted by Gasteiger charge is -2.47. The summed E-state index contributed by atoms with van der Waals surface area (Å²) in [7, 11) is 0. The summed E-state index contributed by atoms with van der Waals surface area (Å²) in [5, 5.41) is 8.32. The first-order valence-electron chi connectivity index (χ1n) is 4.65. The zero-order chi connectivity index (χ0) is 9.53. The van der Waals surface area contributed by atoms with Crippen LogP contribution in [0.1, 0.15) is 38.5 Å². The molecular weight excluding hydrogens is 175 g/mol. The lowest BCUT2D eigenvalue weighted by Crippen LogP contribution is -2.47. The maximum Gasteiger partial charge on any atom is 0.348 e. The van der Waals surface area contributed by atoms with Crippen LogP contribution in [0.15, 0.2) is 0 Å². The summed E-state index contributed by atoms with van der Waals surface area (Å²) in [5.41, 5.74) is -1.62. The van der Waals surface area contributed by atoms with Crippen molar-refractivity contribution in [3.63, 3.8) is 0 Å². The van der Waals surface area contributed by atoms with Gasteiger partial charge in [0.2, 0.25) is 0 Å². The summed E-state index contributed by atoms with van der Waals surface area (Å²) in [6.07, 6.45) is 2.85. The number of alkyl halides is 1. The molecule has 0 heterocycles. The van der Waals surface area contributed by atoms with Gasteiger partial charge in [0.1, 0.15) is 5.67 Å². The van der Waals surface area contributed by atoms with Gasteiger partial charge in [-0.1, -0.05) is 0 Å². The number of rotatable bonds is 1. The van der Waals surface area contributed by atoms with E-state index in [9.17, 15) is 9.18 Å². The quantitative estimate of drug-likeness (QED) is 0.506. The van der Waals surface area contributed by atoms with Crippen LogP contribution in [-0.2, 0) is 9.68 Å². The minimum atomic E-state index is -1.04. The van der Waals surface area contributed by atoms with E-state index >= 15 is 0 Å². The highest BCUT2D eigenvalue weighted by molar-refractivity contribution is 5.76. The van der Waals surface area contributed by atoms with Crippen LogP contribution in [0.5, 0.6) is 0 Å². The molecule has 74 valence electrons. The van der Waals surface area contributed by atoms with E-state index in [0.717, 1.165) is 0 Å². The first-order chi connectivity index (χ1) is 6.10. The predicted octanol–water partition coefficient (Wildman–Crippen LogP) is 2.07. The number of carbonyl (C=O) groups is 1. The Morgan fingerprint density at radius 1 is 1.15 bits per heavy atom. The second-order valence-corrected chi connectivity index (χ2v) is 4.31. The van der Waals surface area contributed by atoms with Crippen LogP contribution >= 0.6 is 0 Å². The standard InChI is InChI=1S/C9H13FO3/c10-9-4-1-8(2-5-9,3-6-9)7(11)13-12/h12H,1-6H2. The third-order valence-corrected chi connectivity index (χ3v) is 3.67. The Kier molecular flexibility index (Phi) is 1.84. The fourth-order valence-electron chi connectivity index (χ4n) is 2.54. The fraction of sp³-hybridized carbons (Fsp3) is 0.889. The molecule has 0 saturated heterocycles. The lowest BCUT2D eigenvalue weighted by molar-refractivity contribution is -0.251. The van der Waals surface area contributed by atoms with Crippen LogP contribution < -0.4 is 0 Å². The van der Waals surface area contributed by atoms with E-state index in [1.54, 1.807) is 0 Å². The molecule has 0 radical (unpaired) electrons. The van der Waals surface area contributed by atoms with Gasteiger partial charge in [-0.2, -0.15) is 5.26 Å². The summed E-state index contributed by atoms with van der Waals surface area (Å²) in [4.78, 5) is 15.0. The topological polar surface area (TPSA) is 46.5 Å². The van der Waals surface area contributed by atoms with E-state index in [-0.39, 0.29) is 0 Å². The molecule has 0 aromatic carbocycles. The Morgan fingerprint density at radius 2 is 1.62 bits per heavy atom. The van der Waals surface area contributed by atoms with Crippen molar-refractivity contribution in [1.82, 2.24) is 0 Å². The first kappa shape index (κ1) is 8.94. The summed E-state index contributed by atoms with van der Waals surface area (Å²) >= 11 is 0. The zero-order valence-electron chi connectivity index (χ0n) is 7.38. The van der Waals surface area contributed by atoms with E-state index in [2.05, 4.69) is 4.89 Å². The smallest absolute Gasteiger partial charge is 0.300 e. The molecule has 3 rings (SSSR count). The van der Waals surface area contributed by atoms with Gasteiger partial charge in [0.05, 0.1) is 5.41 Å². The second-order valence-electron chi connectivity index (χ2n) is 4.31. The monoisotopic (exact) mass is 188 g/mol. The maximum atomic E-state index is 13.7. The third kappa shape index (κ3) is 1.24. The minimum absolute atomic E-state index is 0.433. The summed E-state index contributed by atoms with van der Waals surface area (Å²) in [6.45, 7) is 0. The van der Waals surface area contributed by atoms with Crippen molar-refractivity contribution in [3.8, 4) is 0 Å². The number of hydrogen-bond donors (Lipinski definition) is 1. The molecular formula is C9H13FO3. The van der Waals surface area contributed by atoms with Crippen LogP contribution in [-0.4, -0.2) is 16.9 Å². The zero-order valence-corrected chi connectivity index (χ0v) is 7.38. The van der Waals surface area contributed by atoms with Crippen LogP contribution in [0.2, 0.25) is 0 Å². The maximum absolute atomic E-state index is 13.7. The molecule has 3 fully saturated rings. The van der Waals surface area contributed by atoms with Gasteiger partial charge < -0.3 is 4.89 Å². The van der Waals surface area contributed by atoms with E-state index in [1.807, 2.05) is 0 Å². The summed E-state index contributed by atoms with van der Waals surface area (Å²) in [5.74, 6) is -0.575. The molecule has 3 nitrogen and oxygen atoms in total. The van der Waals surface area contributed by atoms with Crippen LogP contribution in [0.4, 0.5) is 4.39 Å².